The molecule has 0 saturated heterocycles. The topological polar surface area (TPSA) is 49.3 Å². The molecule has 2 N–H and O–H groups in total. The Balaban J connectivity index is 4.59. The molecule has 0 aliphatic carbocycles. The number of hydrogen-bond donors (Lipinski definition) is 2. The van der Waals surface area contributed by atoms with Crippen molar-refractivity contribution >= 4 is 5.91 Å². The second kappa shape index (κ2) is 5.67. The molecule has 0 heterocycles. The average Bonchev–Trinajstić information content (AvgIpc) is 2.15. The van der Waals surface area contributed by atoms with Crippen LogP contribution in [-0.2, 0) is 4.79 Å². The third-order valence-corrected chi connectivity index (χ3v) is 3.27. The first-order valence-corrected chi connectivity index (χ1v) is 6.07. The van der Waals surface area contributed by atoms with Gasteiger partial charge in [0.1, 0.15) is 0 Å². The van der Waals surface area contributed by atoms with Gasteiger partial charge >= 0.3 is 0 Å². The zero-order valence-electron chi connectivity index (χ0n) is 11.6. The Morgan fingerprint density at radius 1 is 1.25 bits per heavy atom. The van der Waals surface area contributed by atoms with Crippen molar-refractivity contribution in [1.29, 1.82) is 0 Å². The van der Waals surface area contributed by atoms with Gasteiger partial charge in [0.05, 0.1) is 0 Å². The summed E-state index contributed by atoms with van der Waals surface area (Å²) in [5.41, 5.74) is -0.360. The van der Waals surface area contributed by atoms with E-state index in [2.05, 4.69) is 26.1 Å². The minimum atomic E-state index is -0.334. The third-order valence-electron chi connectivity index (χ3n) is 3.27. The first-order chi connectivity index (χ1) is 7.15. The van der Waals surface area contributed by atoms with Crippen LogP contribution < -0.4 is 5.32 Å². The first-order valence-electron chi connectivity index (χ1n) is 6.07. The van der Waals surface area contributed by atoms with Gasteiger partial charge in [-0.25, -0.2) is 0 Å². The van der Waals surface area contributed by atoms with Crippen LogP contribution in [0.2, 0.25) is 0 Å². The molecule has 1 amide bonds. The molecule has 0 radical (unpaired) electrons. The molecule has 0 aromatic heterocycles. The maximum atomic E-state index is 12.0. The number of aliphatic hydroxyl groups is 1. The Morgan fingerprint density at radius 3 is 2.06 bits per heavy atom. The molecule has 0 saturated carbocycles. The maximum absolute atomic E-state index is 12.0. The van der Waals surface area contributed by atoms with Crippen LogP contribution in [0.5, 0.6) is 0 Å². The smallest absolute Gasteiger partial charge is 0.225 e. The number of rotatable bonds is 5. The van der Waals surface area contributed by atoms with E-state index in [0.29, 0.717) is 6.42 Å². The molecular weight excluding hydrogens is 202 g/mol. The highest BCUT2D eigenvalue weighted by atomic mass is 16.3. The van der Waals surface area contributed by atoms with Crippen LogP contribution in [0.15, 0.2) is 0 Å². The summed E-state index contributed by atoms with van der Waals surface area (Å²) in [5, 5.41) is 12.1. The van der Waals surface area contributed by atoms with Crippen LogP contribution in [0.25, 0.3) is 0 Å². The fourth-order valence-electron chi connectivity index (χ4n) is 1.36. The molecule has 3 heteroatoms. The highest BCUT2D eigenvalue weighted by Crippen LogP contribution is 2.25. The van der Waals surface area contributed by atoms with Crippen LogP contribution in [-0.4, -0.2) is 23.7 Å². The van der Waals surface area contributed by atoms with E-state index in [1.807, 2.05) is 20.8 Å². The zero-order valence-corrected chi connectivity index (χ0v) is 11.6. The van der Waals surface area contributed by atoms with Crippen LogP contribution in [0.3, 0.4) is 0 Å². The number of aliphatic hydroxyl groups excluding tert-OH is 1. The zero-order chi connectivity index (χ0) is 13.0. The molecule has 16 heavy (non-hydrogen) atoms. The molecule has 1 atom stereocenters. The van der Waals surface area contributed by atoms with Crippen molar-refractivity contribution in [2.75, 3.05) is 6.61 Å². The van der Waals surface area contributed by atoms with Gasteiger partial charge in [-0.2, -0.15) is 0 Å². The molecule has 96 valence electrons. The predicted molar refractivity (Wildman–Crippen MR) is 67.2 cm³/mol. The van der Waals surface area contributed by atoms with Crippen LogP contribution >= 0.6 is 0 Å². The standard InChI is InChI=1S/C13H27NO2/c1-7-13(5,6)11(16)14-10(8-9-15)12(2,3)4/h10,15H,7-9H2,1-6H3,(H,14,16). The number of carbonyl (C=O) groups excluding carboxylic acids is 1. The molecule has 3 nitrogen and oxygen atoms in total. The Labute approximate surface area is 99.6 Å². The maximum Gasteiger partial charge on any atom is 0.225 e. The minimum absolute atomic E-state index is 0.0239. The summed E-state index contributed by atoms with van der Waals surface area (Å²) in [6.45, 7) is 12.2. The van der Waals surface area contributed by atoms with Gasteiger partial charge in [-0.05, 0) is 18.3 Å². The fourth-order valence-corrected chi connectivity index (χ4v) is 1.36. The van der Waals surface area contributed by atoms with Crippen molar-refractivity contribution in [3.05, 3.63) is 0 Å². The quantitative estimate of drug-likeness (QED) is 0.760. The van der Waals surface area contributed by atoms with Crippen molar-refractivity contribution < 1.29 is 9.90 Å². The second-order valence-electron chi connectivity index (χ2n) is 6.14. The highest BCUT2D eigenvalue weighted by Gasteiger charge is 2.31. The first kappa shape index (κ1) is 15.4. The van der Waals surface area contributed by atoms with Gasteiger partial charge in [0, 0.05) is 18.1 Å². The van der Waals surface area contributed by atoms with Crippen molar-refractivity contribution in [3.63, 3.8) is 0 Å². The third kappa shape index (κ3) is 4.52. The molecule has 0 fully saturated rings. The number of amides is 1. The van der Waals surface area contributed by atoms with Crippen LogP contribution in [0.4, 0.5) is 0 Å². The molecule has 0 aromatic carbocycles. The molecule has 0 aliphatic heterocycles. The SMILES string of the molecule is CCC(C)(C)C(=O)NC(CCO)C(C)(C)C. The summed E-state index contributed by atoms with van der Waals surface area (Å²) < 4.78 is 0. The monoisotopic (exact) mass is 229 g/mol. The Bertz CT molecular complexity index is 229. The van der Waals surface area contributed by atoms with E-state index in [0.717, 1.165) is 6.42 Å². The summed E-state index contributed by atoms with van der Waals surface area (Å²) >= 11 is 0. The molecule has 0 spiro atoms. The number of carbonyl (C=O) groups is 1. The van der Waals surface area contributed by atoms with Crippen LogP contribution in [0, 0.1) is 10.8 Å². The van der Waals surface area contributed by atoms with Crippen LogP contribution in [0.1, 0.15) is 54.4 Å². The Hall–Kier alpha value is -0.570. The lowest BCUT2D eigenvalue weighted by atomic mass is 9.83. The van der Waals surface area contributed by atoms with Gasteiger partial charge in [-0.1, -0.05) is 41.5 Å². The number of nitrogens with one attached hydrogen (secondary N) is 1. The normalized spacial score (nSPS) is 14.7. The summed E-state index contributed by atoms with van der Waals surface area (Å²) in [5.74, 6) is 0.0726. The predicted octanol–water partition coefficient (Wildman–Crippen LogP) is 2.34. The molecule has 0 aromatic rings. The lowest BCUT2D eigenvalue weighted by molar-refractivity contribution is -0.131. The van der Waals surface area contributed by atoms with Crippen molar-refractivity contribution in [2.45, 2.75) is 60.4 Å². The Morgan fingerprint density at radius 2 is 1.75 bits per heavy atom. The summed E-state index contributed by atoms with van der Waals surface area (Å²) in [6, 6.07) is 0.0239. The molecular formula is C13H27NO2. The van der Waals surface area contributed by atoms with E-state index in [1.54, 1.807) is 0 Å². The van der Waals surface area contributed by atoms with E-state index in [9.17, 15) is 4.79 Å². The van der Waals surface area contributed by atoms with E-state index in [-0.39, 0.29) is 29.4 Å². The van der Waals surface area contributed by atoms with Crippen molar-refractivity contribution in [2.24, 2.45) is 10.8 Å². The van der Waals surface area contributed by atoms with E-state index in [1.165, 1.54) is 0 Å². The van der Waals surface area contributed by atoms with E-state index >= 15 is 0 Å². The minimum Gasteiger partial charge on any atom is -0.396 e. The molecule has 1 unspecified atom stereocenters. The van der Waals surface area contributed by atoms with Gasteiger partial charge in [-0.3, -0.25) is 4.79 Å². The fraction of sp³-hybridized carbons (Fsp3) is 0.923. The highest BCUT2D eigenvalue weighted by molar-refractivity contribution is 5.82. The van der Waals surface area contributed by atoms with Gasteiger partial charge < -0.3 is 10.4 Å². The Kier molecular flexibility index (Phi) is 5.47. The largest absolute Gasteiger partial charge is 0.396 e. The van der Waals surface area contributed by atoms with Gasteiger partial charge in [-0.15, -0.1) is 0 Å². The average molecular weight is 229 g/mol. The van der Waals surface area contributed by atoms with E-state index in [4.69, 9.17) is 5.11 Å². The van der Waals surface area contributed by atoms with E-state index < -0.39 is 0 Å². The summed E-state index contributed by atoms with van der Waals surface area (Å²) in [7, 11) is 0. The number of hydrogen-bond acceptors (Lipinski definition) is 2. The van der Waals surface area contributed by atoms with Gasteiger partial charge in [0.2, 0.25) is 5.91 Å². The lowest BCUT2D eigenvalue weighted by Crippen LogP contribution is -2.48. The van der Waals surface area contributed by atoms with Crippen molar-refractivity contribution in [1.82, 2.24) is 5.32 Å². The van der Waals surface area contributed by atoms with Crippen molar-refractivity contribution in [3.8, 4) is 0 Å². The van der Waals surface area contributed by atoms with Gasteiger partial charge in [0.25, 0.3) is 0 Å². The summed E-state index contributed by atoms with van der Waals surface area (Å²) in [6.07, 6.45) is 1.42. The summed E-state index contributed by atoms with van der Waals surface area (Å²) in [4.78, 5) is 12.0. The van der Waals surface area contributed by atoms with Gasteiger partial charge in [0.15, 0.2) is 0 Å². The molecule has 0 rings (SSSR count). The lowest BCUT2D eigenvalue weighted by Gasteiger charge is -2.34. The second-order valence-corrected chi connectivity index (χ2v) is 6.14. The molecule has 0 bridgehead atoms. The molecule has 0 aliphatic rings.